The van der Waals surface area contributed by atoms with Crippen molar-refractivity contribution in [1.82, 2.24) is 5.32 Å². The van der Waals surface area contributed by atoms with Crippen LogP contribution < -0.4 is 5.32 Å². The van der Waals surface area contributed by atoms with E-state index in [4.69, 9.17) is 11.6 Å². The SMILES string of the molecule is C[C@H](NCCSC(F)(F)F)c1ccc(Cl)cc1. The van der Waals surface area contributed by atoms with Crippen LogP contribution in [-0.2, 0) is 0 Å². The van der Waals surface area contributed by atoms with Crippen molar-refractivity contribution in [3.8, 4) is 0 Å². The highest BCUT2D eigenvalue weighted by Gasteiger charge is 2.27. The second-order valence-electron chi connectivity index (χ2n) is 3.52. The van der Waals surface area contributed by atoms with Gasteiger partial charge in [0.1, 0.15) is 0 Å². The van der Waals surface area contributed by atoms with Gasteiger partial charge >= 0.3 is 5.51 Å². The van der Waals surface area contributed by atoms with E-state index in [0.29, 0.717) is 11.6 Å². The molecule has 0 spiro atoms. The van der Waals surface area contributed by atoms with Gasteiger partial charge in [-0.05, 0) is 36.4 Å². The average molecular weight is 284 g/mol. The van der Waals surface area contributed by atoms with Crippen molar-refractivity contribution in [1.29, 1.82) is 0 Å². The summed E-state index contributed by atoms with van der Waals surface area (Å²) in [6, 6.07) is 7.26. The van der Waals surface area contributed by atoms with E-state index in [-0.39, 0.29) is 23.6 Å². The summed E-state index contributed by atoms with van der Waals surface area (Å²) in [6.45, 7) is 2.22. The Bertz CT molecular complexity index is 340. The minimum atomic E-state index is -4.15. The Morgan fingerprint density at radius 2 is 1.88 bits per heavy atom. The molecule has 0 saturated carbocycles. The molecule has 1 N–H and O–H groups in total. The summed E-state index contributed by atoms with van der Waals surface area (Å²) in [4.78, 5) is 0. The number of alkyl halides is 3. The Morgan fingerprint density at radius 3 is 2.41 bits per heavy atom. The molecule has 0 amide bonds. The number of benzene rings is 1. The van der Waals surface area contributed by atoms with Gasteiger partial charge in [-0.15, -0.1) is 0 Å². The summed E-state index contributed by atoms with van der Waals surface area (Å²) in [7, 11) is 0. The van der Waals surface area contributed by atoms with Crippen LogP contribution in [0.15, 0.2) is 24.3 Å². The van der Waals surface area contributed by atoms with E-state index < -0.39 is 5.51 Å². The fourth-order valence-corrected chi connectivity index (χ4v) is 1.89. The zero-order valence-electron chi connectivity index (χ0n) is 9.22. The number of nitrogens with one attached hydrogen (secondary N) is 1. The number of rotatable bonds is 5. The van der Waals surface area contributed by atoms with Crippen molar-refractivity contribution in [2.24, 2.45) is 0 Å². The van der Waals surface area contributed by atoms with Crippen LogP contribution in [-0.4, -0.2) is 17.8 Å². The van der Waals surface area contributed by atoms with Gasteiger partial charge in [0.25, 0.3) is 0 Å². The summed E-state index contributed by atoms with van der Waals surface area (Å²) >= 11 is 5.73. The predicted octanol–water partition coefficient (Wildman–Crippen LogP) is 4.24. The number of thioether (sulfide) groups is 1. The lowest BCUT2D eigenvalue weighted by molar-refractivity contribution is -0.0327. The highest BCUT2D eigenvalue weighted by atomic mass is 35.5. The molecule has 1 atom stereocenters. The molecular formula is C11H13ClF3NS. The summed E-state index contributed by atoms with van der Waals surface area (Å²) < 4.78 is 35.6. The minimum absolute atomic E-state index is 0.0104. The van der Waals surface area contributed by atoms with Gasteiger partial charge in [-0.25, -0.2) is 0 Å². The van der Waals surface area contributed by atoms with Gasteiger partial charge in [0.05, 0.1) is 0 Å². The fraction of sp³-hybridized carbons (Fsp3) is 0.455. The predicted molar refractivity (Wildman–Crippen MR) is 66.4 cm³/mol. The third-order valence-corrected chi connectivity index (χ3v) is 3.18. The summed E-state index contributed by atoms with van der Waals surface area (Å²) in [5, 5.41) is 3.67. The average Bonchev–Trinajstić information content (AvgIpc) is 2.24. The second-order valence-corrected chi connectivity index (χ2v) is 5.12. The van der Waals surface area contributed by atoms with E-state index in [0.717, 1.165) is 5.56 Å². The quantitative estimate of drug-likeness (QED) is 0.811. The Labute approximate surface area is 108 Å². The Morgan fingerprint density at radius 1 is 1.29 bits per heavy atom. The minimum Gasteiger partial charge on any atom is -0.309 e. The van der Waals surface area contributed by atoms with E-state index in [1.807, 2.05) is 19.1 Å². The standard InChI is InChI=1S/C11H13ClF3NS/c1-8(9-2-4-10(12)5-3-9)16-6-7-17-11(13,14)15/h2-5,8,16H,6-7H2,1H3/t8-/m0/s1. The van der Waals surface area contributed by atoms with Gasteiger partial charge < -0.3 is 5.32 Å². The van der Waals surface area contributed by atoms with Gasteiger partial charge in [-0.2, -0.15) is 13.2 Å². The Kier molecular flexibility index (Phi) is 5.62. The number of hydrogen-bond acceptors (Lipinski definition) is 2. The molecule has 96 valence electrons. The van der Waals surface area contributed by atoms with Crippen LogP contribution in [0, 0.1) is 0 Å². The normalized spacial score (nSPS) is 13.7. The molecule has 0 aliphatic carbocycles. The molecule has 0 bridgehead atoms. The third kappa shape index (κ3) is 6.19. The third-order valence-electron chi connectivity index (χ3n) is 2.19. The van der Waals surface area contributed by atoms with Gasteiger partial charge in [0, 0.05) is 23.4 Å². The number of hydrogen-bond donors (Lipinski definition) is 1. The topological polar surface area (TPSA) is 12.0 Å². The van der Waals surface area contributed by atoms with Crippen molar-refractivity contribution >= 4 is 23.4 Å². The van der Waals surface area contributed by atoms with Crippen LogP contribution in [0.3, 0.4) is 0 Å². The monoisotopic (exact) mass is 283 g/mol. The molecule has 1 aromatic carbocycles. The van der Waals surface area contributed by atoms with Gasteiger partial charge in [-0.3, -0.25) is 0 Å². The molecule has 6 heteroatoms. The van der Waals surface area contributed by atoms with Crippen molar-refractivity contribution < 1.29 is 13.2 Å². The molecule has 0 fully saturated rings. The first-order chi connectivity index (χ1) is 7.88. The summed E-state index contributed by atoms with van der Waals surface area (Å²) in [5.74, 6) is 0.0153. The molecule has 0 unspecified atom stereocenters. The first-order valence-electron chi connectivity index (χ1n) is 5.08. The molecule has 0 aliphatic rings. The van der Waals surface area contributed by atoms with E-state index in [1.54, 1.807) is 12.1 Å². The van der Waals surface area contributed by atoms with Crippen LogP contribution in [0.25, 0.3) is 0 Å². The van der Waals surface area contributed by atoms with Crippen LogP contribution in [0.5, 0.6) is 0 Å². The van der Waals surface area contributed by atoms with Crippen LogP contribution in [0.2, 0.25) is 5.02 Å². The Balaban J connectivity index is 2.30. The van der Waals surface area contributed by atoms with Crippen LogP contribution in [0.4, 0.5) is 13.2 Å². The van der Waals surface area contributed by atoms with E-state index in [9.17, 15) is 13.2 Å². The van der Waals surface area contributed by atoms with E-state index in [2.05, 4.69) is 5.32 Å². The molecular weight excluding hydrogens is 271 g/mol. The van der Waals surface area contributed by atoms with E-state index >= 15 is 0 Å². The second kappa shape index (κ2) is 6.52. The lowest BCUT2D eigenvalue weighted by atomic mass is 10.1. The van der Waals surface area contributed by atoms with Gasteiger partial charge in [0.2, 0.25) is 0 Å². The molecule has 0 saturated heterocycles. The van der Waals surface area contributed by atoms with Crippen LogP contribution in [0.1, 0.15) is 18.5 Å². The molecule has 0 aromatic heterocycles. The van der Waals surface area contributed by atoms with Crippen molar-refractivity contribution in [3.05, 3.63) is 34.9 Å². The zero-order valence-corrected chi connectivity index (χ0v) is 10.8. The van der Waals surface area contributed by atoms with Gasteiger partial charge in [0.15, 0.2) is 0 Å². The first kappa shape index (κ1) is 14.7. The maximum Gasteiger partial charge on any atom is 0.441 e. The van der Waals surface area contributed by atoms with E-state index in [1.165, 1.54) is 0 Å². The maximum absolute atomic E-state index is 11.9. The fourth-order valence-electron chi connectivity index (χ4n) is 1.31. The van der Waals surface area contributed by atoms with Crippen LogP contribution >= 0.6 is 23.4 Å². The lowest BCUT2D eigenvalue weighted by Gasteiger charge is -2.14. The molecule has 1 nitrogen and oxygen atoms in total. The smallest absolute Gasteiger partial charge is 0.309 e. The lowest BCUT2D eigenvalue weighted by Crippen LogP contribution is -2.22. The zero-order chi connectivity index (χ0) is 12.9. The number of halogens is 4. The first-order valence-corrected chi connectivity index (χ1v) is 6.44. The van der Waals surface area contributed by atoms with Crippen molar-refractivity contribution in [3.63, 3.8) is 0 Å². The summed E-state index contributed by atoms with van der Waals surface area (Å²) in [6.07, 6.45) is 0. The molecule has 1 aromatic rings. The summed E-state index contributed by atoms with van der Waals surface area (Å²) in [5.41, 5.74) is -3.14. The molecule has 1 rings (SSSR count). The molecule has 17 heavy (non-hydrogen) atoms. The molecule has 0 aliphatic heterocycles. The molecule has 0 heterocycles. The highest BCUT2D eigenvalue weighted by Crippen LogP contribution is 2.29. The largest absolute Gasteiger partial charge is 0.441 e. The Hall–Kier alpha value is -0.390. The maximum atomic E-state index is 11.9. The van der Waals surface area contributed by atoms with Gasteiger partial charge in [-0.1, -0.05) is 23.7 Å². The van der Waals surface area contributed by atoms with Crippen molar-refractivity contribution in [2.75, 3.05) is 12.3 Å². The molecule has 0 radical (unpaired) electrons. The highest BCUT2D eigenvalue weighted by molar-refractivity contribution is 8.00. The van der Waals surface area contributed by atoms with Crippen molar-refractivity contribution in [2.45, 2.75) is 18.5 Å².